The summed E-state index contributed by atoms with van der Waals surface area (Å²) in [6.07, 6.45) is 3.58. The fourth-order valence-corrected chi connectivity index (χ4v) is 1.08. The van der Waals surface area contributed by atoms with Gasteiger partial charge in [-0.2, -0.15) is 0 Å². The first kappa shape index (κ1) is 10.9. The maximum atomic E-state index is 5.44. The predicted molar refractivity (Wildman–Crippen MR) is 58.2 cm³/mol. The molecule has 0 saturated heterocycles. The van der Waals surface area contributed by atoms with Crippen LogP contribution in [0.3, 0.4) is 0 Å². The molecule has 4 nitrogen and oxygen atoms in total. The van der Waals surface area contributed by atoms with Crippen molar-refractivity contribution in [2.24, 2.45) is 5.73 Å². The molecular formula is C10H18N4. The van der Waals surface area contributed by atoms with Crippen LogP contribution in [-0.2, 0) is 6.42 Å². The van der Waals surface area contributed by atoms with Gasteiger partial charge in [0, 0.05) is 18.7 Å². The Labute approximate surface area is 85.0 Å². The molecule has 1 atom stereocenters. The Kier molecular flexibility index (Phi) is 4.32. The Hall–Kier alpha value is -1.16. The Bertz CT molecular complexity index is 275. The molecule has 4 heteroatoms. The van der Waals surface area contributed by atoms with Gasteiger partial charge >= 0.3 is 0 Å². The van der Waals surface area contributed by atoms with E-state index in [4.69, 9.17) is 5.73 Å². The smallest absolute Gasteiger partial charge is 0.131 e. The lowest BCUT2D eigenvalue weighted by Crippen LogP contribution is -2.15. The van der Waals surface area contributed by atoms with Gasteiger partial charge in [0.15, 0.2) is 0 Å². The van der Waals surface area contributed by atoms with Crippen molar-refractivity contribution in [2.45, 2.75) is 32.7 Å². The van der Waals surface area contributed by atoms with Crippen molar-refractivity contribution in [3.8, 4) is 0 Å². The van der Waals surface area contributed by atoms with E-state index in [0.717, 1.165) is 24.5 Å². The van der Waals surface area contributed by atoms with Gasteiger partial charge in [0.2, 0.25) is 0 Å². The van der Waals surface area contributed by atoms with E-state index in [9.17, 15) is 0 Å². The van der Waals surface area contributed by atoms with E-state index in [-0.39, 0.29) is 0 Å². The highest BCUT2D eigenvalue weighted by Crippen LogP contribution is 2.05. The molecule has 0 aromatic carbocycles. The summed E-state index contributed by atoms with van der Waals surface area (Å²) in [5.74, 6) is 1.69. The number of rotatable bonds is 5. The number of anilines is 1. The summed E-state index contributed by atoms with van der Waals surface area (Å²) in [6, 6.07) is 2.32. The molecule has 1 aromatic rings. The van der Waals surface area contributed by atoms with Gasteiger partial charge in [-0.15, -0.1) is 0 Å². The molecule has 0 amide bonds. The summed E-state index contributed by atoms with van der Waals surface area (Å²) < 4.78 is 0. The van der Waals surface area contributed by atoms with Crippen molar-refractivity contribution in [3.63, 3.8) is 0 Å². The first-order valence-corrected chi connectivity index (χ1v) is 5.04. The van der Waals surface area contributed by atoms with Gasteiger partial charge in [-0.05, 0) is 26.0 Å². The minimum atomic E-state index is 0.440. The van der Waals surface area contributed by atoms with Gasteiger partial charge < -0.3 is 11.1 Å². The maximum absolute atomic E-state index is 5.44. The third-order valence-electron chi connectivity index (χ3n) is 2.08. The standard InChI is InChI=1S/C10H18N4/c1-3-8(2)13-10-5-7-12-9(14-10)4-6-11/h5,7-8H,3-4,6,11H2,1-2H3,(H,12,13,14). The summed E-state index contributed by atoms with van der Waals surface area (Å²) in [4.78, 5) is 8.48. The molecule has 0 bridgehead atoms. The molecule has 1 heterocycles. The zero-order chi connectivity index (χ0) is 10.4. The van der Waals surface area contributed by atoms with E-state index in [0.29, 0.717) is 12.6 Å². The van der Waals surface area contributed by atoms with Crippen LogP contribution in [0.2, 0.25) is 0 Å². The van der Waals surface area contributed by atoms with E-state index in [1.54, 1.807) is 6.20 Å². The van der Waals surface area contributed by atoms with E-state index in [2.05, 4.69) is 29.1 Å². The number of aromatic nitrogens is 2. The van der Waals surface area contributed by atoms with E-state index in [1.807, 2.05) is 6.07 Å². The number of hydrogen-bond donors (Lipinski definition) is 2. The van der Waals surface area contributed by atoms with Crippen LogP contribution in [0.5, 0.6) is 0 Å². The zero-order valence-corrected chi connectivity index (χ0v) is 8.83. The molecule has 0 aliphatic rings. The van der Waals surface area contributed by atoms with Crippen molar-refractivity contribution in [2.75, 3.05) is 11.9 Å². The van der Waals surface area contributed by atoms with Crippen LogP contribution in [-0.4, -0.2) is 22.6 Å². The molecule has 0 fully saturated rings. The molecule has 0 spiro atoms. The van der Waals surface area contributed by atoms with Crippen molar-refractivity contribution in [1.29, 1.82) is 0 Å². The Morgan fingerprint density at radius 1 is 1.57 bits per heavy atom. The fraction of sp³-hybridized carbons (Fsp3) is 0.600. The summed E-state index contributed by atoms with van der Waals surface area (Å²) >= 11 is 0. The highest BCUT2D eigenvalue weighted by Gasteiger charge is 2.01. The quantitative estimate of drug-likeness (QED) is 0.739. The molecule has 0 radical (unpaired) electrons. The number of hydrogen-bond acceptors (Lipinski definition) is 4. The molecular weight excluding hydrogens is 176 g/mol. The number of nitrogens with two attached hydrogens (primary N) is 1. The van der Waals surface area contributed by atoms with E-state index in [1.165, 1.54) is 0 Å². The van der Waals surface area contributed by atoms with Gasteiger partial charge in [-0.3, -0.25) is 0 Å². The largest absolute Gasteiger partial charge is 0.368 e. The molecule has 78 valence electrons. The highest BCUT2D eigenvalue weighted by molar-refractivity contribution is 5.33. The average Bonchev–Trinajstić information content (AvgIpc) is 2.19. The predicted octanol–water partition coefficient (Wildman–Crippen LogP) is 1.19. The van der Waals surface area contributed by atoms with Crippen LogP contribution in [0.15, 0.2) is 12.3 Å². The monoisotopic (exact) mass is 194 g/mol. The van der Waals surface area contributed by atoms with Crippen LogP contribution < -0.4 is 11.1 Å². The van der Waals surface area contributed by atoms with E-state index < -0.39 is 0 Å². The summed E-state index contributed by atoms with van der Waals surface area (Å²) in [5, 5.41) is 3.30. The molecule has 1 unspecified atom stereocenters. The molecule has 3 N–H and O–H groups in total. The van der Waals surface area contributed by atoms with Gasteiger partial charge in [0.05, 0.1) is 0 Å². The maximum Gasteiger partial charge on any atom is 0.131 e. The zero-order valence-electron chi connectivity index (χ0n) is 8.83. The fourth-order valence-electron chi connectivity index (χ4n) is 1.08. The second kappa shape index (κ2) is 5.54. The second-order valence-electron chi connectivity index (χ2n) is 3.35. The van der Waals surface area contributed by atoms with E-state index >= 15 is 0 Å². The first-order chi connectivity index (χ1) is 6.76. The summed E-state index contributed by atoms with van der Waals surface area (Å²) in [6.45, 7) is 4.86. The first-order valence-electron chi connectivity index (χ1n) is 5.04. The van der Waals surface area contributed by atoms with Crippen LogP contribution in [0, 0.1) is 0 Å². The van der Waals surface area contributed by atoms with Crippen molar-refractivity contribution in [3.05, 3.63) is 18.1 Å². The van der Waals surface area contributed by atoms with Crippen LogP contribution in [0.4, 0.5) is 5.82 Å². The molecule has 0 saturated carbocycles. The third-order valence-corrected chi connectivity index (χ3v) is 2.08. The Balaban J connectivity index is 2.63. The van der Waals surface area contributed by atoms with Crippen LogP contribution in [0.25, 0.3) is 0 Å². The lowest BCUT2D eigenvalue weighted by molar-refractivity contribution is 0.754. The average molecular weight is 194 g/mol. The normalized spacial score (nSPS) is 12.5. The SMILES string of the molecule is CCC(C)Nc1ccnc(CCN)n1. The minimum Gasteiger partial charge on any atom is -0.368 e. The molecule has 1 aromatic heterocycles. The van der Waals surface area contributed by atoms with Gasteiger partial charge in [0.1, 0.15) is 11.6 Å². The molecule has 1 rings (SSSR count). The molecule has 0 aliphatic heterocycles. The lowest BCUT2D eigenvalue weighted by atomic mass is 10.2. The molecule has 14 heavy (non-hydrogen) atoms. The number of nitrogens with zero attached hydrogens (tertiary/aromatic N) is 2. The minimum absolute atomic E-state index is 0.440. The summed E-state index contributed by atoms with van der Waals surface area (Å²) in [5.41, 5.74) is 5.44. The Morgan fingerprint density at radius 2 is 2.36 bits per heavy atom. The lowest BCUT2D eigenvalue weighted by Gasteiger charge is -2.12. The topological polar surface area (TPSA) is 63.8 Å². The van der Waals surface area contributed by atoms with Crippen molar-refractivity contribution in [1.82, 2.24) is 9.97 Å². The summed E-state index contributed by atoms with van der Waals surface area (Å²) in [7, 11) is 0. The highest BCUT2D eigenvalue weighted by atomic mass is 15.0. The third kappa shape index (κ3) is 3.30. The number of nitrogens with one attached hydrogen (secondary N) is 1. The Morgan fingerprint density at radius 3 is 3.00 bits per heavy atom. The van der Waals surface area contributed by atoms with Gasteiger partial charge in [-0.25, -0.2) is 9.97 Å². The van der Waals surface area contributed by atoms with Crippen LogP contribution in [0.1, 0.15) is 26.1 Å². The van der Waals surface area contributed by atoms with Crippen molar-refractivity contribution >= 4 is 5.82 Å². The van der Waals surface area contributed by atoms with Crippen molar-refractivity contribution < 1.29 is 0 Å². The molecule has 0 aliphatic carbocycles. The van der Waals surface area contributed by atoms with Gasteiger partial charge in [0.25, 0.3) is 0 Å². The van der Waals surface area contributed by atoms with Gasteiger partial charge in [-0.1, -0.05) is 6.92 Å². The second-order valence-corrected chi connectivity index (χ2v) is 3.35. The van der Waals surface area contributed by atoms with Crippen LogP contribution >= 0.6 is 0 Å².